The predicted molar refractivity (Wildman–Crippen MR) is 59.0 cm³/mol. The molecule has 1 heterocycles. The molecule has 1 aromatic heterocycles. The Morgan fingerprint density at radius 2 is 2.40 bits per heavy atom. The number of aliphatic hydroxyl groups excluding tert-OH is 1. The Bertz CT molecular complexity index is 300. The van der Waals surface area contributed by atoms with Crippen LogP contribution in [0.3, 0.4) is 0 Å². The molecule has 5 heteroatoms. The third-order valence-corrected chi connectivity index (χ3v) is 3.20. The van der Waals surface area contributed by atoms with Crippen LogP contribution >= 0.6 is 11.3 Å². The van der Waals surface area contributed by atoms with E-state index in [1.165, 1.54) is 11.3 Å². The standard InChI is InChI=1S/C10H15NO3S/c1-11-7(4-5-9(12)13)10(14)8-3-2-6-15-8/h2-3,6-7,10-11,14H,4-5H2,1H3,(H,12,13). The van der Waals surface area contributed by atoms with E-state index in [0.717, 1.165) is 4.88 Å². The van der Waals surface area contributed by atoms with Crippen molar-refractivity contribution in [3.8, 4) is 0 Å². The van der Waals surface area contributed by atoms with Gasteiger partial charge in [-0.3, -0.25) is 4.79 Å². The number of aliphatic hydroxyl groups is 1. The van der Waals surface area contributed by atoms with Crippen LogP contribution in [0.4, 0.5) is 0 Å². The zero-order valence-electron chi connectivity index (χ0n) is 8.51. The highest BCUT2D eigenvalue weighted by atomic mass is 32.1. The molecule has 84 valence electrons. The number of hydrogen-bond donors (Lipinski definition) is 3. The largest absolute Gasteiger partial charge is 0.481 e. The van der Waals surface area contributed by atoms with Gasteiger partial charge in [0.1, 0.15) is 6.10 Å². The first-order valence-corrected chi connectivity index (χ1v) is 5.63. The molecular weight excluding hydrogens is 214 g/mol. The molecule has 0 aliphatic carbocycles. The van der Waals surface area contributed by atoms with Gasteiger partial charge in [-0.05, 0) is 24.9 Å². The smallest absolute Gasteiger partial charge is 0.303 e. The molecule has 2 atom stereocenters. The molecule has 0 saturated carbocycles. The van der Waals surface area contributed by atoms with E-state index in [0.29, 0.717) is 6.42 Å². The molecule has 3 N–H and O–H groups in total. The van der Waals surface area contributed by atoms with Crippen LogP contribution in [0.1, 0.15) is 23.8 Å². The summed E-state index contributed by atoms with van der Waals surface area (Å²) in [5, 5.41) is 23.3. The van der Waals surface area contributed by atoms with Crippen LogP contribution in [-0.2, 0) is 4.79 Å². The van der Waals surface area contributed by atoms with Crippen LogP contribution in [0.25, 0.3) is 0 Å². The first-order chi connectivity index (χ1) is 7.15. The molecule has 0 radical (unpaired) electrons. The first kappa shape index (κ1) is 12.2. The van der Waals surface area contributed by atoms with Crippen LogP contribution in [0.2, 0.25) is 0 Å². The van der Waals surface area contributed by atoms with Crippen molar-refractivity contribution >= 4 is 17.3 Å². The van der Waals surface area contributed by atoms with Gasteiger partial charge in [-0.1, -0.05) is 6.07 Å². The molecule has 2 unspecified atom stereocenters. The number of carboxylic acids is 1. The highest BCUT2D eigenvalue weighted by Crippen LogP contribution is 2.23. The Labute approximate surface area is 92.6 Å². The zero-order valence-corrected chi connectivity index (χ0v) is 9.33. The maximum Gasteiger partial charge on any atom is 0.303 e. The second kappa shape index (κ2) is 5.85. The first-order valence-electron chi connectivity index (χ1n) is 4.75. The van der Waals surface area contributed by atoms with Crippen molar-refractivity contribution in [1.82, 2.24) is 5.32 Å². The lowest BCUT2D eigenvalue weighted by Crippen LogP contribution is -2.32. The van der Waals surface area contributed by atoms with Crippen molar-refractivity contribution < 1.29 is 15.0 Å². The van der Waals surface area contributed by atoms with E-state index >= 15 is 0 Å². The van der Waals surface area contributed by atoms with Crippen LogP contribution in [0.15, 0.2) is 17.5 Å². The summed E-state index contributed by atoms with van der Waals surface area (Å²) in [7, 11) is 1.73. The van der Waals surface area contributed by atoms with E-state index < -0.39 is 12.1 Å². The molecule has 0 spiro atoms. The van der Waals surface area contributed by atoms with E-state index in [9.17, 15) is 9.90 Å². The summed E-state index contributed by atoms with van der Waals surface area (Å²) >= 11 is 1.47. The molecule has 0 aromatic carbocycles. The highest BCUT2D eigenvalue weighted by Gasteiger charge is 2.20. The summed E-state index contributed by atoms with van der Waals surface area (Å²) in [6.45, 7) is 0. The van der Waals surface area contributed by atoms with Gasteiger partial charge in [0.15, 0.2) is 0 Å². The number of rotatable bonds is 6. The number of likely N-dealkylation sites (N-methyl/N-ethyl adjacent to an activating group) is 1. The topological polar surface area (TPSA) is 69.6 Å². The number of carbonyl (C=O) groups is 1. The van der Waals surface area contributed by atoms with Crippen LogP contribution in [0, 0.1) is 0 Å². The van der Waals surface area contributed by atoms with Gasteiger partial charge in [0.05, 0.1) is 0 Å². The van der Waals surface area contributed by atoms with Gasteiger partial charge < -0.3 is 15.5 Å². The van der Waals surface area contributed by atoms with Gasteiger partial charge in [0.2, 0.25) is 0 Å². The summed E-state index contributed by atoms with van der Waals surface area (Å²) in [4.78, 5) is 11.3. The second-order valence-corrected chi connectivity index (χ2v) is 4.27. The third-order valence-electron chi connectivity index (χ3n) is 2.26. The number of thiophene rings is 1. The quantitative estimate of drug-likeness (QED) is 0.686. The fraction of sp³-hybridized carbons (Fsp3) is 0.500. The van der Waals surface area contributed by atoms with Gasteiger partial charge in [0.25, 0.3) is 0 Å². The summed E-state index contributed by atoms with van der Waals surface area (Å²) < 4.78 is 0. The van der Waals surface area contributed by atoms with Gasteiger partial charge >= 0.3 is 5.97 Å². The minimum absolute atomic E-state index is 0.0634. The maximum atomic E-state index is 10.4. The summed E-state index contributed by atoms with van der Waals surface area (Å²) in [5.74, 6) is -0.839. The maximum absolute atomic E-state index is 10.4. The summed E-state index contributed by atoms with van der Waals surface area (Å²) in [5.41, 5.74) is 0. The van der Waals surface area contributed by atoms with E-state index in [1.807, 2.05) is 17.5 Å². The Morgan fingerprint density at radius 3 is 2.87 bits per heavy atom. The molecule has 0 aliphatic rings. The van der Waals surface area contributed by atoms with Crippen molar-refractivity contribution in [2.24, 2.45) is 0 Å². The van der Waals surface area contributed by atoms with Crippen LogP contribution in [0.5, 0.6) is 0 Å². The number of nitrogens with one attached hydrogen (secondary N) is 1. The molecule has 1 rings (SSSR count). The minimum Gasteiger partial charge on any atom is -0.481 e. The second-order valence-electron chi connectivity index (χ2n) is 3.29. The van der Waals surface area contributed by atoms with Gasteiger partial charge in [-0.2, -0.15) is 0 Å². The van der Waals surface area contributed by atoms with Gasteiger partial charge in [-0.25, -0.2) is 0 Å². The van der Waals surface area contributed by atoms with Gasteiger partial charge in [-0.15, -0.1) is 11.3 Å². The van der Waals surface area contributed by atoms with E-state index in [4.69, 9.17) is 5.11 Å². The number of carboxylic acid groups (broad SMARTS) is 1. The monoisotopic (exact) mass is 229 g/mol. The highest BCUT2D eigenvalue weighted by molar-refractivity contribution is 7.10. The molecule has 0 amide bonds. The average molecular weight is 229 g/mol. The van der Waals surface area contributed by atoms with E-state index in [-0.39, 0.29) is 12.5 Å². The van der Waals surface area contributed by atoms with Crippen molar-refractivity contribution in [3.63, 3.8) is 0 Å². The summed E-state index contributed by atoms with van der Waals surface area (Å²) in [6.07, 6.45) is -0.145. The molecule has 4 nitrogen and oxygen atoms in total. The van der Waals surface area contributed by atoms with Gasteiger partial charge in [0, 0.05) is 17.3 Å². The predicted octanol–water partition coefficient (Wildman–Crippen LogP) is 1.23. The molecule has 1 aromatic rings. The number of aliphatic carboxylic acids is 1. The Kier molecular flexibility index (Phi) is 4.74. The lowest BCUT2D eigenvalue weighted by atomic mass is 10.0. The van der Waals surface area contributed by atoms with Crippen LogP contribution in [-0.4, -0.2) is 29.3 Å². The van der Waals surface area contributed by atoms with E-state index in [1.54, 1.807) is 7.05 Å². The minimum atomic E-state index is -0.839. The molecule has 15 heavy (non-hydrogen) atoms. The van der Waals surface area contributed by atoms with Crippen molar-refractivity contribution in [1.29, 1.82) is 0 Å². The molecule has 0 fully saturated rings. The lowest BCUT2D eigenvalue weighted by molar-refractivity contribution is -0.137. The fourth-order valence-corrected chi connectivity index (χ4v) is 2.17. The molecule has 0 saturated heterocycles. The fourth-order valence-electron chi connectivity index (χ4n) is 1.40. The zero-order chi connectivity index (χ0) is 11.3. The third kappa shape index (κ3) is 3.62. The SMILES string of the molecule is CNC(CCC(=O)O)C(O)c1cccs1. The van der Waals surface area contributed by atoms with Crippen molar-refractivity contribution in [3.05, 3.63) is 22.4 Å². The Morgan fingerprint density at radius 1 is 1.67 bits per heavy atom. The lowest BCUT2D eigenvalue weighted by Gasteiger charge is -2.20. The Hall–Kier alpha value is -0.910. The van der Waals surface area contributed by atoms with Crippen molar-refractivity contribution in [2.45, 2.75) is 25.0 Å². The van der Waals surface area contributed by atoms with Crippen LogP contribution < -0.4 is 5.32 Å². The Balaban J connectivity index is 2.54. The molecule has 0 bridgehead atoms. The summed E-state index contributed by atoms with van der Waals surface area (Å²) in [6, 6.07) is 3.51. The van der Waals surface area contributed by atoms with E-state index in [2.05, 4.69) is 5.32 Å². The normalized spacial score (nSPS) is 14.8. The van der Waals surface area contributed by atoms with Crippen molar-refractivity contribution in [2.75, 3.05) is 7.05 Å². The molecular formula is C10H15NO3S. The number of hydrogen-bond acceptors (Lipinski definition) is 4. The molecule has 0 aliphatic heterocycles. The average Bonchev–Trinajstić information content (AvgIpc) is 2.70.